The van der Waals surface area contributed by atoms with Crippen LogP contribution in [-0.4, -0.2) is 11.0 Å². The Bertz CT molecular complexity index is 697. The highest BCUT2D eigenvalue weighted by molar-refractivity contribution is 8.00. The van der Waals surface area contributed by atoms with Crippen molar-refractivity contribution < 1.29 is 4.79 Å². The molecule has 0 aliphatic carbocycles. The van der Waals surface area contributed by atoms with Gasteiger partial charge in [-0.1, -0.05) is 78.9 Å². The van der Waals surface area contributed by atoms with Gasteiger partial charge in [-0.2, -0.15) is 0 Å². The fourth-order valence-corrected chi connectivity index (χ4v) is 3.63. The number of ketones is 1. The van der Waals surface area contributed by atoms with Gasteiger partial charge in [-0.3, -0.25) is 4.79 Å². The molecule has 0 aliphatic rings. The van der Waals surface area contributed by atoms with Gasteiger partial charge in [0.1, 0.15) is 0 Å². The van der Waals surface area contributed by atoms with Gasteiger partial charge in [-0.25, -0.2) is 0 Å². The van der Waals surface area contributed by atoms with Gasteiger partial charge in [0, 0.05) is 10.5 Å². The lowest BCUT2D eigenvalue weighted by atomic mass is 10.0. The Morgan fingerprint density at radius 3 is 1.87 bits per heavy atom. The first-order valence-corrected chi connectivity index (χ1v) is 8.56. The van der Waals surface area contributed by atoms with Gasteiger partial charge in [0.25, 0.3) is 0 Å². The third-order valence-corrected chi connectivity index (χ3v) is 4.85. The number of hydrogen-bond donors (Lipinski definition) is 0. The van der Waals surface area contributed by atoms with Crippen LogP contribution in [0.4, 0.5) is 0 Å². The Morgan fingerprint density at radius 2 is 1.26 bits per heavy atom. The second-order valence-electron chi connectivity index (χ2n) is 5.34. The maximum absolute atomic E-state index is 12.9. The molecule has 0 saturated carbocycles. The minimum absolute atomic E-state index is 0.123. The highest BCUT2D eigenvalue weighted by Gasteiger charge is 2.21. The summed E-state index contributed by atoms with van der Waals surface area (Å²) in [5, 5.41) is -0.123. The van der Waals surface area contributed by atoms with Gasteiger partial charge >= 0.3 is 0 Å². The smallest absolute Gasteiger partial charge is 0.176 e. The van der Waals surface area contributed by atoms with E-state index in [0.29, 0.717) is 0 Å². The normalized spacial score (nSPS) is 11.8. The van der Waals surface area contributed by atoms with Crippen LogP contribution in [0.25, 0.3) is 0 Å². The summed E-state index contributed by atoms with van der Waals surface area (Å²) < 4.78 is 0. The van der Waals surface area contributed by atoms with Gasteiger partial charge in [0.05, 0.1) is 5.25 Å². The average Bonchev–Trinajstić information content (AvgIpc) is 2.63. The Hall–Kier alpha value is -2.32. The quantitative estimate of drug-likeness (QED) is 0.455. The first kappa shape index (κ1) is 15.6. The summed E-state index contributed by atoms with van der Waals surface area (Å²) in [4.78, 5) is 14.1. The Morgan fingerprint density at radius 1 is 0.739 bits per heavy atom. The third-order valence-electron chi connectivity index (χ3n) is 3.64. The molecule has 0 amide bonds. The van der Waals surface area contributed by atoms with Crippen molar-refractivity contribution in [3.8, 4) is 0 Å². The summed E-state index contributed by atoms with van der Waals surface area (Å²) in [5.74, 6) is 0.184. The Balaban J connectivity index is 1.85. The summed E-state index contributed by atoms with van der Waals surface area (Å²) in [6.45, 7) is 0. The minimum atomic E-state index is -0.123. The number of hydrogen-bond acceptors (Lipinski definition) is 2. The molecule has 0 radical (unpaired) electrons. The fourth-order valence-electron chi connectivity index (χ4n) is 2.47. The van der Waals surface area contributed by atoms with Crippen LogP contribution in [0.1, 0.15) is 15.9 Å². The van der Waals surface area contributed by atoms with E-state index in [1.54, 1.807) is 11.8 Å². The molecule has 0 bridgehead atoms. The molecular weight excluding hydrogens is 300 g/mol. The molecule has 3 rings (SSSR count). The zero-order chi connectivity index (χ0) is 15.9. The van der Waals surface area contributed by atoms with Gasteiger partial charge in [-0.15, -0.1) is 11.8 Å². The van der Waals surface area contributed by atoms with E-state index in [9.17, 15) is 4.79 Å². The van der Waals surface area contributed by atoms with Gasteiger partial charge in [0.2, 0.25) is 0 Å². The lowest BCUT2D eigenvalue weighted by Gasteiger charge is -2.16. The number of rotatable bonds is 6. The zero-order valence-corrected chi connectivity index (χ0v) is 13.6. The highest BCUT2D eigenvalue weighted by Crippen LogP contribution is 2.28. The van der Waals surface area contributed by atoms with Crippen LogP contribution in [0.3, 0.4) is 0 Å². The summed E-state index contributed by atoms with van der Waals surface area (Å²) in [6.07, 6.45) is 0.730. The molecule has 1 nitrogen and oxygen atoms in total. The van der Waals surface area contributed by atoms with Crippen molar-refractivity contribution in [2.45, 2.75) is 16.6 Å². The molecule has 0 spiro atoms. The third kappa shape index (κ3) is 4.33. The number of benzene rings is 3. The van der Waals surface area contributed by atoms with Crippen LogP contribution in [-0.2, 0) is 6.42 Å². The summed E-state index contributed by atoms with van der Waals surface area (Å²) >= 11 is 1.64. The van der Waals surface area contributed by atoms with Crippen LogP contribution in [0.2, 0.25) is 0 Å². The predicted octanol–water partition coefficient (Wildman–Crippen LogP) is 5.27. The van der Waals surface area contributed by atoms with E-state index in [4.69, 9.17) is 0 Å². The lowest BCUT2D eigenvalue weighted by Crippen LogP contribution is -2.20. The van der Waals surface area contributed by atoms with Crippen LogP contribution < -0.4 is 0 Å². The van der Waals surface area contributed by atoms with E-state index in [1.165, 1.54) is 5.56 Å². The number of carbonyl (C=O) groups excluding carboxylic acids is 1. The molecular formula is C21H18OS. The van der Waals surface area contributed by atoms with Gasteiger partial charge < -0.3 is 0 Å². The van der Waals surface area contributed by atoms with Gasteiger partial charge in [0.15, 0.2) is 5.78 Å². The maximum Gasteiger partial charge on any atom is 0.176 e. The molecule has 0 heterocycles. The average molecular weight is 318 g/mol. The molecule has 0 N–H and O–H groups in total. The van der Waals surface area contributed by atoms with Crippen molar-refractivity contribution in [3.63, 3.8) is 0 Å². The van der Waals surface area contributed by atoms with E-state index in [-0.39, 0.29) is 11.0 Å². The molecule has 23 heavy (non-hydrogen) atoms. The number of carbonyl (C=O) groups is 1. The molecule has 3 aromatic carbocycles. The van der Waals surface area contributed by atoms with E-state index in [2.05, 4.69) is 24.3 Å². The second kappa shape index (κ2) is 7.80. The van der Waals surface area contributed by atoms with Crippen molar-refractivity contribution in [3.05, 3.63) is 102 Å². The number of thioether (sulfide) groups is 1. The largest absolute Gasteiger partial charge is 0.293 e. The minimum Gasteiger partial charge on any atom is -0.293 e. The SMILES string of the molecule is O=C(c1ccccc1)C(Cc1ccccc1)Sc1ccccc1. The topological polar surface area (TPSA) is 17.1 Å². The van der Waals surface area contributed by atoms with Crippen LogP contribution in [0, 0.1) is 0 Å². The lowest BCUT2D eigenvalue weighted by molar-refractivity contribution is 0.0989. The standard InChI is InChI=1S/C21H18OS/c22-21(18-12-6-2-7-13-18)20(16-17-10-4-1-5-11-17)23-19-14-8-3-9-15-19/h1-15,20H,16H2. The predicted molar refractivity (Wildman–Crippen MR) is 97.0 cm³/mol. The van der Waals surface area contributed by atoms with Crippen molar-refractivity contribution in [1.82, 2.24) is 0 Å². The molecule has 3 aromatic rings. The van der Waals surface area contributed by atoms with Crippen molar-refractivity contribution in [1.29, 1.82) is 0 Å². The molecule has 0 saturated heterocycles. The molecule has 2 heteroatoms. The van der Waals surface area contributed by atoms with Crippen LogP contribution >= 0.6 is 11.8 Å². The monoisotopic (exact) mass is 318 g/mol. The Kier molecular flexibility index (Phi) is 5.28. The maximum atomic E-state index is 12.9. The van der Waals surface area contributed by atoms with Crippen molar-refractivity contribution in [2.24, 2.45) is 0 Å². The van der Waals surface area contributed by atoms with E-state index < -0.39 is 0 Å². The Labute approximate surface area is 141 Å². The van der Waals surface area contributed by atoms with Crippen molar-refractivity contribution >= 4 is 17.5 Å². The molecule has 1 atom stereocenters. The molecule has 0 fully saturated rings. The van der Waals surface area contributed by atoms with E-state index in [1.807, 2.05) is 66.7 Å². The van der Waals surface area contributed by atoms with Gasteiger partial charge in [-0.05, 0) is 24.1 Å². The molecule has 0 aromatic heterocycles. The first-order chi connectivity index (χ1) is 11.3. The van der Waals surface area contributed by atoms with Crippen molar-refractivity contribution in [2.75, 3.05) is 0 Å². The fraction of sp³-hybridized carbons (Fsp3) is 0.0952. The van der Waals surface area contributed by atoms with E-state index >= 15 is 0 Å². The van der Waals surface area contributed by atoms with E-state index in [0.717, 1.165) is 16.9 Å². The van der Waals surface area contributed by atoms with Crippen LogP contribution in [0.5, 0.6) is 0 Å². The summed E-state index contributed by atoms with van der Waals surface area (Å²) in [7, 11) is 0. The highest BCUT2D eigenvalue weighted by atomic mass is 32.2. The second-order valence-corrected chi connectivity index (χ2v) is 6.62. The summed E-state index contributed by atoms with van der Waals surface area (Å²) in [6, 6.07) is 29.9. The zero-order valence-electron chi connectivity index (χ0n) is 12.8. The molecule has 1 unspecified atom stereocenters. The molecule has 114 valence electrons. The first-order valence-electron chi connectivity index (χ1n) is 7.68. The number of Topliss-reactive ketones (excluding diaryl/α,β-unsaturated/α-hetero) is 1. The molecule has 0 aliphatic heterocycles. The van der Waals surface area contributed by atoms with Crippen LogP contribution in [0.15, 0.2) is 95.9 Å². The summed E-state index contributed by atoms with van der Waals surface area (Å²) in [5.41, 5.74) is 1.96.